The van der Waals surface area contributed by atoms with Crippen molar-refractivity contribution in [1.82, 2.24) is 15.2 Å². The number of pyridine rings is 1. The molecule has 0 spiro atoms. The van der Waals surface area contributed by atoms with E-state index in [1.807, 2.05) is 18.2 Å². The molecule has 2 atom stereocenters. The van der Waals surface area contributed by atoms with Crippen LogP contribution < -0.4 is 5.32 Å². The Bertz CT molecular complexity index is 849. The molecule has 2 unspecified atom stereocenters. The van der Waals surface area contributed by atoms with Crippen molar-refractivity contribution in [2.75, 3.05) is 6.54 Å². The van der Waals surface area contributed by atoms with Crippen LogP contribution in [0.1, 0.15) is 54.1 Å². The minimum absolute atomic E-state index is 0.0136. The molecule has 2 heterocycles. The number of rotatable bonds is 2. The Hall–Kier alpha value is -2.69. The smallest absolute Gasteiger partial charge is 0.231 e. The molecule has 5 heteroatoms. The second kappa shape index (κ2) is 6.90. The van der Waals surface area contributed by atoms with Crippen LogP contribution in [0, 0.1) is 0 Å². The molecule has 2 aromatic rings. The van der Waals surface area contributed by atoms with Crippen LogP contribution in [-0.2, 0) is 22.6 Å². The summed E-state index contributed by atoms with van der Waals surface area (Å²) in [6, 6.07) is 12.2. The fourth-order valence-electron chi connectivity index (χ4n) is 4.10. The SMILES string of the molecule is CC(=O)N1Cc2cccnc2C(C(=O)NC2CCCc3ccccc32)C1. The summed E-state index contributed by atoms with van der Waals surface area (Å²) in [6.45, 7) is 2.46. The highest BCUT2D eigenvalue weighted by atomic mass is 16.2. The first-order valence-corrected chi connectivity index (χ1v) is 9.21. The molecule has 0 radical (unpaired) electrons. The van der Waals surface area contributed by atoms with E-state index in [4.69, 9.17) is 0 Å². The maximum Gasteiger partial charge on any atom is 0.231 e. The number of nitrogens with one attached hydrogen (secondary N) is 1. The predicted molar refractivity (Wildman–Crippen MR) is 98.3 cm³/mol. The zero-order chi connectivity index (χ0) is 18.1. The molecule has 5 nitrogen and oxygen atoms in total. The lowest BCUT2D eigenvalue weighted by atomic mass is 9.87. The van der Waals surface area contributed by atoms with Crippen LogP contribution in [0.5, 0.6) is 0 Å². The lowest BCUT2D eigenvalue weighted by molar-refractivity contribution is -0.131. The monoisotopic (exact) mass is 349 g/mol. The number of hydrogen-bond donors (Lipinski definition) is 1. The second-order valence-electron chi connectivity index (χ2n) is 7.15. The van der Waals surface area contributed by atoms with Crippen LogP contribution in [0.25, 0.3) is 0 Å². The number of aryl methyl sites for hydroxylation is 1. The standard InChI is InChI=1S/C21H23N3O2/c1-14(25)24-12-16-8-5-11-22-20(16)18(13-24)21(26)23-19-10-4-7-15-6-2-3-9-17(15)19/h2-3,5-6,8-9,11,18-19H,4,7,10,12-13H2,1H3,(H,23,26). The summed E-state index contributed by atoms with van der Waals surface area (Å²) >= 11 is 0. The number of amides is 2. The first-order chi connectivity index (χ1) is 12.6. The van der Waals surface area contributed by atoms with Crippen molar-refractivity contribution in [3.63, 3.8) is 0 Å². The van der Waals surface area contributed by atoms with Gasteiger partial charge in [-0.25, -0.2) is 0 Å². The molecule has 0 saturated heterocycles. The minimum atomic E-state index is -0.419. The third-order valence-electron chi connectivity index (χ3n) is 5.47. The van der Waals surface area contributed by atoms with E-state index in [1.165, 1.54) is 11.1 Å². The molecule has 2 amide bonds. The number of hydrogen-bond acceptors (Lipinski definition) is 3. The third kappa shape index (κ3) is 3.09. The van der Waals surface area contributed by atoms with Gasteiger partial charge in [0, 0.05) is 26.2 Å². The summed E-state index contributed by atoms with van der Waals surface area (Å²) in [5, 5.41) is 3.23. The molecule has 0 fully saturated rings. The van der Waals surface area contributed by atoms with Crippen molar-refractivity contribution in [1.29, 1.82) is 0 Å². The lowest BCUT2D eigenvalue weighted by Gasteiger charge is -2.34. The van der Waals surface area contributed by atoms with E-state index in [9.17, 15) is 9.59 Å². The van der Waals surface area contributed by atoms with Gasteiger partial charge in [-0.1, -0.05) is 30.3 Å². The molecule has 26 heavy (non-hydrogen) atoms. The average molecular weight is 349 g/mol. The Morgan fingerprint density at radius 3 is 2.81 bits per heavy atom. The summed E-state index contributed by atoms with van der Waals surface area (Å²) in [4.78, 5) is 31.2. The van der Waals surface area contributed by atoms with E-state index < -0.39 is 5.92 Å². The number of fused-ring (bicyclic) bond motifs is 2. The molecule has 1 aliphatic heterocycles. The van der Waals surface area contributed by atoms with Gasteiger partial charge < -0.3 is 10.2 Å². The molecular formula is C21H23N3O2. The summed E-state index contributed by atoms with van der Waals surface area (Å²) in [5.74, 6) is -0.476. The van der Waals surface area contributed by atoms with Gasteiger partial charge in [0.05, 0.1) is 17.7 Å². The summed E-state index contributed by atoms with van der Waals surface area (Å²) in [5.41, 5.74) is 4.29. The van der Waals surface area contributed by atoms with Crippen molar-refractivity contribution in [2.45, 2.75) is 44.7 Å². The van der Waals surface area contributed by atoms with E-state index in [2.05, 4.69) is 28.5 Å². The van der Waals surface area contributed by atoms with Crippen LogP contribution in [0.4, 0.5) is 0 Å². The van der Waals surface area contributed by atoms with Crippen LogP contribution in [-0.4, -0.2) is 28.2 Å². The maximum atomic E-state index is 13.1. The number of carbonyl (C=O) groups is 2. The van der Waals surface area contributed by atoms with Crippen molar-refractivity contribution < 1.29 is 9.59 Å². The van der Waals surface area contributed by atoms with Gasteiger partial charge in [-0.3, -0.25) is 14.6 Å². The summed E-state index contributed by atoms with van der Waals surface area (Å²) < 4.78 is 0. The Morgan fingerprint density at radius 2 is 1.96 bits per heavy atom. The molecule has 0 saturated carbocycles. The average Bonchev–Trinajstić information content (AvgIpc) is 2.67. The second-order valence-corrected chi connectivity index (χ2v) is 7.15. The van der Waals surface area contributed by atoms with Gasteiger partial charge >= 0.3 is 0 Å². The molecular weight excluding hydrogens is 326 g/mol. The van der Waals surface area contributed by atoms with Crippen LogP contribution >= 0.6 is 0 Å². The number of nitrogens with zero attached hydrogens (tertiary/aromatic N) is 2. The van der Waals surface area contributed by atoms with Gasteiger partial charge in [0.25, 0.3) is 0 Å². The number of aromatic nitrogens is 1. The molecule has 1 aromatic heterocycles. The van der Waals surface area contributed by atoms with Crippen molar-refractivity contribution in [2.24, 2.45) is 0 Å². The number of benzene rings is 1. The molecule has 134 valence electrons. The van der Waals surface area contributed by atoms with E-state index in [1.54, 1.807) is 18.0 Å². The molecule has 1 N–H and O–H groups in total. The summed E-state index contributed by atoms with van der Waals surface area (Å²) in [6.07, 6.45) is 4.80. The van der Waals surface area contributed by atoms with Crippen molar-refractivity contribution in [3.8, 4) is 0 Å². The molecule has 1 aromatic carbocycles. The van der Waals surface area contributed by atoms with Gasteiger partial charge in [-0.15, -0.1) is 0 Å². The maximum absolute atomic E-state index is 13.1. The lowest BCUT2D eigenvalue weighted by Crippen LogP contribution is -2.44. The van der Waals surface area contributed by atoms with E-state index >= 15 is 0 Å². The fraction of sp³-hybridized carbons (Fsp3) is 0.381. The highest BCUT2D eigenvalue weighted by Gasteiger charge is 2.34. The van der Waals surface area contributed by atoms with E-state index in [0.29, 0.717) is 13.1 Å². The van der Waals surface area contributed by atoms with E-state index in [-0.39, 0.29) is 17.9 Å². The Labute approximate surface area is 153 Å². The third-order valence-corrected chi connectivity index (χ3v) is 5.47. The molecule has 2 aliphatic rings. The van der Waals surface area contributed by atoms with Gasteiger partial charge in [0.15, 0.2) is 0 Å². The highest BCUT2D eigenvalue weighted by molar-refractivity contribution is 5.86. The highest BCUT2D eigenvalue weighted by Crippen LogP contribution is 2.32. The van der Waals surface area contributed by atoms with Gasteiger partial charge in [-0.2, -0.15) is 0 Å². The molecule has 1 aliphatic carbocycles. The Morgan fingerprint density at radius 1 is 1.15 bits per heavy atom. The summed E-state index contributed by atoms with van der Waals surface area (Å²) in [7, 11) is 0. The Kier molecular flexibility index (Phi) is 4.45. The number of carbonyl (C=O) groups excluding carboxylic acids is 2. The molecule has 4 rings (SSSR count). The molecule has 0 bridgehead atoms. The van der Waals surface area contributed by atoms with Gasteiger partial charge in [-0.05, 0) is 42.0 Å². The fourth-order valence-corrected chi connectivity index (χ4v) is 4.10. The Balaban J connectivity index is 1.59. The normalized spacial score (nSPS) is 21.5. The van der Waals surface area contributed by atoms with Gasteiger partial charge in [0.2, 0.25) is 11.8 Å². The van der Waals surface area contributed by atoms with Gasteiger partial charge in [0.1, 0.15) is 0 Å². The predicted octanol–water partition coefficient (Wildman–Crippen LogP) is 2.72. The van der Waals surface area contributed by atoms with Crippen LogP contribution in [0.3, 0.4) is 0 Å². The topological polar surface area (TPSA) is 62.3 Å². The zero-order valence-corrected chi connectivity index (χ0v) is 14.9. The zero-order valence-electron chi connectivity index (χ0n) is 14.9. The largest absolute Gasteiger partial charge is 0.349 e. The van der Waals surface area contributed by atoms with Crippen LogP contribution in [0.2, 0.25) is 0 Å². The van der Waals surface area contributed by atoms with Crippen molar-refractivity contribution >= 4 is 11.8 Å². The van der Waals surface area contributed by atoms with Crippen LogP contribution in [0.15, 0.2) is 42.6 Å². The quantitative estimate of drug-likeness (QED) is 0.907. The first kappa shape index (κ1) is 16.8. The minimum Gasteiger partial charge on any atom is -0.349 e. The first-order valence-electron chi connectivity index (χ1n) is 9.21. The van der Waals surface area contributed by atoms with Crippen molar-refractivity contribution in [3.05, 3.63) is 65.0 Å². The van der Waals surface area contributed by atoms with E-state index in [0.717, 1.165) is 30.5 Å².